The number of rotatable bonds is 14. The van der Waals surface area contributed by atoms with Crippen molar-refractivity contribution < 1.29 is 43.2 Å². The highest BCUT2D eigenvalue weighted by Crippen LogP contribution is 2.35. The molecule has 3 rings (SSSR count). The molecule has 49 heavy (non-hydrogen) atoms. The SMILES string of the molecule is CC(C)(C)OC(=O)N[C@@H](CCN[C@@H](c1nn(-c2cc(F)ccc2F)cc1Cc1ccccc1)C(C)(C)C)C(=O)NCCC(=O)O.OCCO. The summed E-state index contributed by atoms with van der Waals surface area (Å²) in [5.74, 6) is -2.83. The van der Waals surface area contributed by atoms with E-state index in [1.54, 1.807) is 27.0 Å². The molecule has 0 saturated heterocycles. The first kappa shape index (κ1) is 40.8. The largest absolute Gasteiger partial charge is 0.481 e. The molecule has 1 heterocycles. The maximum absolute atomic E-state index is 14.8. The maximum Gasteiger partial charge on any atom is 0.408 e. The molecule has 2 atom stereocenters. The van der Waals surface area contributed by atoms with E-state index in [1.807, 2.05) is 51.1 Å². The van der Waals surface area contributed by atoms with Gasteiger partial charge in [-0.15, -0.1) is 0 Å². The Morgan fingerprint density at radius 3 is 2.18 bits per heavy atom. The molecule has 3 aromatic rings. The van der Waals surface area contributed by atoms with Gasteiger partial charge in [-0.3, -0.25) is 9.59 Å². The normalized spacial score (nSPS) is 12.7. The summed E-state index contributed by atoms with van der Waals surface area (Å²) < 4.78 is 35.6. The minimum atomic E-state index is -1.06. The third-order valence-electron chi connectivity index (χ3n) is 6.88. The number of hydrogen-bond donors (Lipinski definition) is 6. The summed E-state index contributed by atoms with van der Waals surface area (Å²) in [6, 6.07) is 11.5. The Morgan fingerprint density at radius 2 is 1.61 bits per heavy atom. The lowest BCUT2D eigenvalue weighted by atomic mass is 9.83. The Hall–Kier alpha value is -4.40. The van der Waals surface area contributed by atoms with E-state index < -0.39 is 52.7 Å². The molecule has 6 N–H and O–H groups in total. The second-order valence-corrected chi connectivity index (χ2v) is 13.4. The quantitative estimate of drug-likeness (QED) is 0.145. The number of nitrogens with one attached hydrogen (secondary N) is 3. The predicted molar refractivity (Wildman–Crippen MR) is 180 cm³/mol. The van der Waals surface area contributed by atoms with Crippen LogP contribution >= 0.6 is 0 Å². The van der Waals surface area contributed by atoms with Crippen molar-refractivity contribution in [3.63, 3.8) is 0 Å². The summed E-state index contributed by atoms with van der Waals surface area (Å²) in [6.07, 6.45) is 1.26. The van der Waals surface area contributed by atoms with Gasteiger partial charge in [0.25, 0.3) is 0 Å². The van der Waals surface area contributed by atoms with Crippen molar-refractivity contribution in [2.75, 3.05) is 26.3 Å². The number of amides is 2. The Kier molecular flexibility index (Phi) is 15.8. The summed E-state index contributed by atoms with van der Waals surface area (Å²) in [6.45, 7) is 11.0. The summed E-state index contributed by atoms with van der Waals surface area (Å²) in [7, 11) is 0. The van der Waals surface area contributed by atoms with Gasteiger partial charge in [0, 0.05) is 25.2 Å². The van der Waals surface area contributed by atoms with Crippen molar-refractivity contribution in [3.8, 4) is 5.69 Å². The molecule has 0 aliphatic carbocycles. The number of carboxylic acids is 1. The number of alkyl carbamates (subject to hydrolysis) is 1. The molecule has 0 aliphatic heterocycles. The van der Waals surface area contributed by atoms with Gasteiger partial charge in [-0.1, -0.05) is 51.1 Å². The Morgan fingerprint density at radius 1 is 0.959 bits per heavy atom. The van der Waals surface area contributed by atoms with Crippen molar-refractivity contribution in [1.82, 2.24) is 25.7 Å². The summed E-state index contributed by atoms with van der Waals surface area (Å²) in [4.78, 5) is 36.4. The zero-order chi connectivity index (χ0) is 36.8. The van der Waals surface area contributed by atoms with Crippen molar-refractivity contribution in [3.05, 3.63) is 83.2 Å². The van der Waals surface area contributed by atoms with Crippen LogP contribution in [-0.2, 0) is 20.7 Å². The molecule has 270 valence electrons. The molecule has 12 nitrogen and oxygen atoms in total. The van der Waals surface area contributed by atoms with Crippen molar-refractivity contribution in [2.45, 2.75) is 78.5 Å². The first-order chi connectivity index (χ1) is 22.9. The number of aliphatic carboxylic acids is 1. The number of nitrogens with zero attached hydrogens (tertiary/aromatic N) is 2. The molecule has 2 amide bonds. The van der Waals surface area contributed by atoms with E-state index >= 15 is 0 Å². The first-order valence-corrected chi connectivity index (χ1v) is 16.0. The van der Waals surface area contributed by atoms with Gasteiger partial charge in [-0.05, 0) is 62.4 Å². The second kappa shape index (κ2) is 19.0. The molecular formula is C35H49F2N5O7. The minimum Gasteiger partial charge on any atom is -0.481 e. The van der Waals surface area contributed by atoms with Crippen LogP contribution < -0.4 is 16.0 Å². The fourth-order valence-electron chi connectivity index (χ4n) is 4.72. The van der Waals surface area contributed by atoms with E-state index in [-0.39, 0.29) is 44.8 Å². The third kappa shape index (κ3) is 14.3. The van der Waals surface area contributed by atoms with Crippen LogP contribution in [0.25, 0.3) is 5.69 Å². The van der Waals surface area contributed by atoms with Gasteiger partial charge in [0.2, 0.25) is 5.91 Å². The van der Waals surface area contributed by atoms with Crippen LogP contribution in [0.15, 0.2) is 54.7 Å². The van der Waals surface area contributed by atoms with Gasteiger partial charge in [0.15, 0.2) is 0 Å². The predicted octanol–water partition coefficient (Wildman–Crippen LogP) is 4.26. The molecule has 0 aliphatic rings. The number of halogens is 2. The van der Waals surface area contributed by atoms with Gasteiger partial charge in [0.05, 0.1) is 31.4 Å². The average Bonchev–Trinajstić information content (AvgIpc) is 3.41. The monoisotopic (exact) mass is 689 g/mol. The summed E-state index contributed by atoms with van der Waals surface area (Å²) in [5.41, 5.74) is 1.18. The highest BCUT2D eigenvalue weighted by molar-refractivity contribution is 5.86. The van der Waals surface area contributed by atoms with Crippen molar-refractivity contribution in [2.24, 2.45) is 5.41 Å². The zero-order valence-electron chi connectivity index (χ0n) is 28.9. The van der Waals surface area contributed by atoms with E-state index in [0.717, 1.165) is 29.3 Å². The molecule has 1 aromatic heterocycles. The number of aliphatic hydroxyl groups is 2. The summed E-state index contributed by atoms with van der Waals surface area (Å²) in [5, 5.41) is 37.5. The lowest BCUT2D eigenvalue weighted by Crippen LogP contribution is -2.50. The fourth-order valence-corrected chi connectivity index (χ4v) is 4.72. The molecule has 0 spiro atoms. The number of carbonyl (C=O) groups excluding carboxylic acids is 2. The number of hydrogen-bond acceptors (Lipinski definition) is 8. The second-order valence-electron chi connectivity index (χ2n) is 13.4. The van der Waals surface area contributed by atoms with Gasteiger partial charge in [-0.2, -0.15) is 5.10 Å². The minimum absolute atomic E-state index is 0.0251. The number of ether oxygens (including phenoxy) is 1. The average molecular weight is 690 g/mol. The van der Waals surface area contributed by atoms with Crippen LogP contribution in [0.2, 0.25) is 0 Å². The number of carbonyl (C=O) groups is 3. The molecule has 0 saturated carbocycles. The zero-order valence-corrected chi connectivity index (χ0v) is 28.9. The van der Waals surface area contributed by atoms with E-state index in [0.29, 0.717) is 12.1 Å². The Bertz CT molecular complexity index is 1500. The number of aromatic nitrogens is 2. The molecule has 0 unspecified atom stereocenters. The molecule has 0 fully saturated rings. The maximum atomic E-state index is 14.8. The number of carboxylic acid groups (broad SMARTS) is 1. The molecule has 0 radical (unpaired) electrons. The lowest BCUT2D eigenvalue weighted by Gasteiger charge is -2.32. The number of benzene rings is 2. The van der Waals surface area contributed by atoms with Crippen LogP contribution in [0, 0.1) is 17.0 Å². The standard InChI is InChI=1S/C33H43F2N5O5.C2H6O2/c1-32(2,3)29(36-16-14-25(30(43)37-17-15-27(41)42)38-31(44)45-33(4,5)6)28-22(18-21-10-8-7-9-11-21)20-40(39-28)26-19-23(34)12-13-24(26)35;3-1-2-4/h7-13,19-20,25,29,36H,14-18H2,1-6H3,(H,37,43)(H,38,44)(H,41,42);3-4H,1-2H2/t25-,29-;/m0./s1. The van der Waals surface area contributed by atoms with Gasteiger partial charge in [-0.25, -0.2) is 18.3 Å². The van der Waals surface area contributed by atoms with E-state index in [1.165, 1.54) is 4.68 Å². The topological polar surface area (TPSA) is 175 Å². The Labute approximate surface area is 285 Å². The lowest BCUT2D eigenvalue weighted by molar-refractivity contribution is -0.137. The van der Waals surface area contributed by atoms with Crippen LogP contribution in [0.5, 0.6) is 0 Å². The molecular weight excluding hydrogens is 640 g/mol. The van der Waals surface area contributed by atoms with Crippen LogP contribution in [0.1, 0.15) is 77.2 Å². The van der Waals surface area contributed by atoms with E-state index in [4.69, 9.17) is 25.2 Å². The molecule has 14 heteroatoms. The van der Waals surface area contributed by atoms with Crippen LogP contribution in [0.3, 0.4) is 0 Å². The summed E-state index contributed by atoms with van der Waals surface area (Å²) >= 11 is 0. The third-order valence-corrected chi connectivity index (χ3v) is 6.88. The van der Waals surface area contributed by atoms with Gasteiger partial charge >= 0.3 is 12.1 Å². The van der Waals surface area contributed by atoms with Crippen LogP contribution in [-0.4, -0.2) is 81.0 Å². The highest BCUT2D eigenvalue weighted by Gasteiger charge is 2.32. The fraction of sp³-hybridized carbons (Fsp3) is 0.486. The first-order valence-electron chi connectivity index (χ1n) is 16.0. The Balaban J connectivity index is 0.00000197. The highest BCUT2D eigenvalue weighted by atomic mass is 19.1. The van der Waals surface area contributed by atoms with Gasteiger partial charge < -0.3 is 36.0 Å². The molecule has 0 bridgehead atoms. The van der Waals surface area contributed by atoms with E-state index in [2.05, 4.69) is 16.0 Å². The molecule has 2 aromatic carbocycles. The van der Waals surface area contributed by atoms with Crippen molar-refractivity contribution >= 4 is 18.0 Å². The smallest absolute Gasteiger partial charge is 0.408 e. The van der Waals surface area contributed by atoms with Gasteiger partial charge in [0.1, 0.15) is 29.0 Å². The van der Waals surface area contributed by atoms with Crippen molar-refractivity contribution in [1.29, 1.82) is 0 Å². The van der Waals surface area contributed by atoms with Crippen LogP contribution in [0.4, 0.5) is 13.6 Å². The number of aliphatic hydroxyl groups excluding tert-OH is 2. The van der Waals surface area contributed by atoms with E-state index in [9.17, 15) is 23.2 Å².